The van der Waals surface area contributed by atoms with Crippen LogP contribution < -0.4 is 4.90 Å². The number of halogens is 4. The molecule has 0 atom stereocenters. The average Bonchev–Trinajstić information content (AvgIpc) is 3.26. The quantitative estimate of drug-likeness (QED) is 0.474. The highest BCUT2D eigenvalue weighted by atomic mass is 19.3. The minimum absolute atomic E-state index is 0.0122. The van der Waals surface area contributed by atoms with Gasteiger partial charge in [0.25, 0.3) is 11.8 Å². The number of carbonyl (C=O) groups excluding carboxylic acids is 1. The number of aromatic nitrogens is 3. The molecular weight excluding hydrogens is 454 g/mol. The number of alkyl halides is 3. The predicted molar refractivity (Wildman–Crippen MR) is 113 cm³/mol. The average molecular weight is 475 g/mol. The highest BCUT2D eigenvalue weighted by Gasteiger charge is 2.54. The maximum absolute atomic E-state index is 15.5. The number of likely N-dealkylation sites (tertiary alicyclic amines) is 1. The summed E-state index contributed by atoms with van der Waals surface area (Å²) in [7, 11) is 0. The Balaban J connectivity index is 1.36. The van der Waals surface area contributed by atoms with Gasteiger partial charge in [-0.05, 0) is 43.2 Å². The second-order valence-electron chi connectivity index (χ2n) is 8.61. The molecule has 3 aromatic rings. The Morgan fingerprint density at radius 1 is 1.21 bits per heavy atom. The summed E-state index contributed by atoms with van der Waals surface area (Å²) < 4.78 is 59.7. The summed E-state index contributed by atoms with van der Waals surface area (Å²) >= 11 is 0. The van der Waals surface area contributed by atoms with E-state index in [4.69, 9.17) is 4.42 Å². The fourth-order valence-electron chi connectivity index (χ4n) is 4.15. The van der Waals surface area contributed by atoms with Crippen molar-refractivity contribution in [2.24, 2.45) is 0 Å². The Hall–Kier alpha value is -3.34. The van der Waals surface area contributed by atoms with Gasteiger partial charge in [-0.3, -0.25) is 14.7 Å². The van der Waals surface area contributed by atoms with Gasteiger partial charge in [-0.1, -0.05) is 12.5 Å². The van der Waals surface area contributed by atoms with Crippen LogP contribution in [-0.2, 0) is 11.3 Å². The van der Waals surface area contributed by atoms with Crippen LogP contribution in [0.3, 0.4) is 0 Å². The van der Waals surface area contributed by atoms with E-state index in [1.165, 1.54) is 47.5 Å². The fraction of sp³-hybridized carbons (Fsp3) is 0.391. The summed E-state index contributed by atoms with van der Waals surface area (Å²) in [5, 5.41) is 6.85. The zero-order valence-electron chi connectivity index (χ0n) is 18.0. The molecule has 1 aliphatic carbocycles. The Bertz CT molecular complexity index is 1180. The van der Waals surface area contributed by atoms with Crippen LogP contribution in [0.25, 0.3) is 11.5 Å². The first kappa shape index (κ1) is 22.5. The predicted octanol–water partition coefficient (Wildman–Crippen LogP) is 4.32. The molecule has 1 aromatic carbocycles. The van der Waals surface area contributed by atoms with Gasteiger partial charge in [0.05, 0.1) is 17.8 Å². The van der Waals surface area contributed by atoms with Crippen LogP contribution in [0, 0.1) is 5.82 Å². The lowest BCUT2D eigenvalue weighted by molar-refractivity contribution is -0.147. The highest BCUT2D eigenvalue weighted by molar-refractivity contribution is 6.00. The van der Waals surface area contributed by atoms with Gasteiger partial charge in [0, 0.05) is 31.0 Å². The van der Waals surface area contributed by atoms with Crippen molar-refractivity contribution in [1.29, 1.82) is 0 Å². The van der Waals surface area contributed by atoms with E-state index in [1.54, 1.807) is 0 Å². The van der Waals surface area contributed by atoms with E-state index < -0.39 is 29.7 Å². The van der Waals surface area contributed by atoms with Crippen LogP contribution in [0.2, 0.25) is 0 Å². The monoisotopic (exact) mass is 475 g/mol. The van der Waals surface area contributed by atoms with Gasteiger partial charge in [0.1, 0.15) is 5.82 Å². The molecule has 0 unspecified atom stereocenters. The fourth-order valence-corrected chi connectivity index (χ4v) is 4.15. The van der Waals surface area contributed by atoms with Crippen LogP contribution in [0.15, 0.2) is 47.0 Å². The van der Waals surface area contributed by atoms with E-state index in [0.717, 1.165) is 19.3 Å². The van der Waals surface area contributed by atoms with E-state index in [-0.39, 0.29) is 31.2 Å². The number of benzene rings is 1. The van der Waals surface area contributed by atoms with E-state index >= 15 is 4.39 Å². The molecule has 178 valence electrons. The molecule has 34 heavy (non-hydrogen) atoms. The lowest BCUT2D eigenvalue weighted by atomic mass is 9.84. The zero-order chi connectivity index (χ0) is 23.9. The number of hydrogen-bond donors (Lipinski definition) is 0. The Labute approximate surface area is 192 Å². The normalized spacial score (nSPS) is 17.9. The lowest BCUT2D eigenvalue weighted by Crippen LogP contribution is -2.69. The lowest BCUT2D eigenvalue weighted by Gasteiger charge is -2.51. The van der Waals surface area contributed by atoms with Gasteiger partial charge in [-0.2, -0.15) is 8.78 Å². The van der Waals surface area contributed by atoms with Crippen molar-refractivity contribution in [3.05, 3.63) is 60.0 Å². The summed E-state index contributed by atoms with van der Waals surface area (Å²) in [5.74, 6) is -2.23. The van der Waals surface area contributed by atoms with Crippen LogP contribution >= 0.6 is 0 Å². The minimum atomic E-state index is -2.89. The molecule has 2 aromatic heterocycles. The number of pyridine rings is 1. The molecule has 3 heterocycles. The van der Waals surface area contributed by atoms with Gasteiger partial charge in [0.2, 0.25) is 11.6 Å². The van der Waals surface area contributed by atoms with Crippen LogP contribution in [0.4, 0.5) is 23.2 Å². The maximum atomic E-state index is 15.5. The molecular formula is C23H21F4N5O2. The molecule has 0 bridgehead atoms. The summed E-state index contributed by atoms with van der Waals surface area (Å²) in [4.78, 5) is 20.7. The van der Waals surface area contributed by atoms with Crippen molar-refractivity contribution in [2.45, 2.75) is 43.9 Å². The third kappa shape index (κ3) is 4.27. The smallest absolute Gasteiger partial charge is 0.314 e. The first-order chi connectivity index (χ1) is 16.3. The molecule has 7 nitrogen and oxygen atoms in total. The minimum Gasteiger partial charge on any atom is -0.415 e. The summed E-state index contributed by atoms with van der Waals surface area (Å²) in [5.41, 5.74) is -1.15. The molecule has 0 N–H and O–H groups in total. The summed E-state index contributed by atoms with van der Waals surface area (Å²) in [6.45, 7) is -0.0829. The number of rotatable bonds is 7. The van der Waals surface area contributed by atoms with E-state index in [0.29, 0.717) is 17.3 Å². The van der Waals surface area contributed by atoms with Crippen LogP contribution in [0.1, 0.15) is 37.3 Å². The summed E-state index contributed by atoms with van der Waals surface area (Å²) in [6, 6.07) is 8.77. The number of carbonyl (C=O) groups is 1. The second-order valence-corrected chi connectivity index (χ2v) is 8.61. The third-order valence-corrected chi connectivity index (χ3v) is 6.27. The third-order valence-electron chi connectivity index (χ3n) is 6.27. The molecule has 2 fully saturated rings. The van der Waals surface area contributed by atoms with E-state index in [2.05, 4.69) is 15.2 Å². The summed E-state index contributed by atoms with van der Waals surface area (Å²) in [6.07, 6.45) is 1.57. The number of amides is 1. The van der Waals surface area contributed by atoms with Crippen molar-refractivity contribution in [3.63, 3.8) is 0 Å². The van der Waals surface area contributed by atoms with Crippen molar-refractivity contribution in [3.8, 4) is 11.5 Å². The number of anilines is 1. The van der Waals surface area contributed by atoms with Crippen molar-refractivity contribution >= 4 is 11.6 Å². The van der Waals surface area contributed by atoms with Gasteiger partial charge < -0.3 is 9.32 Å². The van der Waals surface area contributed by atoms with Crippen LogP contribution in [0.5, 0.6) is 0 Å². The topological polar surface area (TPSA) is 75.4 Å². The molecule has 1 amide bonds. The SMILES string of the molecule is O=C(N(Cc1ccc(-c2nnc(C(F)F)o2)cn1)c1cccc(F)c1)C1(F)CN(C2CCC2)C1. The molecule has 1 saturated carbocycles. The number of nitrogens with zero attached hydrogens (tertiary/aromatic N) is 5. The second kappa shape index (κ2) is 8.79. The van der Waals surface area contributed by atoms with Gasteiger partial charge in [0.15, 0.2) is 0 Å². The van der Waals surface area contributed by atoms with Gasteiger partial charge in [-0.15, -0.1) is 10.2 Å². The highest BCUT2D eigenvalue weighted by Crippen LogP contribution is 2.37. The molecule has 5 rings (SSSR count). The molecule has 11 heteroatoms. The largest absolute Gasteiger partial charge is 0.415 e. The molecule has 0 radical (unpaired) electrons. The van der Waals surface area contributed by atoms with Crippen molar-refractivity contribution < 1.29 is 26.8 Å². The maximum Gasteiger partial charge on any atom is 0.314 e. The van der Waals surface area contributed by atoms with Gasteiger partial charge in [-0.25, -0.2) is 8.78 Å². The Kier molecular flexibility index (Phi) is 5.80. The van der Waals surface area contributed by atoms with Gasteiger partial charge >= 0.3 is 6.43 Å². The Morgan fingerprint density at radius 3 is 2.59 bits per heavy atom. The van der Waals surface area contributed by atoms with Crippen molar-refractivity contribution in [2.75, 3.05) is 18.0 Å². The molecule has 2 aliphatic rings. The molecule has 1 aliphatic heterocycles. The standard InChI is InChI=1S/C23H21F4N5O2/c24-15-3-1-6-18(9-15)32(22(33)23(27)12-31(13-23)17-4-2-5-17)11-16-8-7-14(10-28-16)20-29-30-21(34-20)19(25)26/h1,3,6-10,17,19H,2,4-5,11-13H2. The first-order valence-electron chi connectivity index (χ1n) is 10.9. The molecule has 1 saturated heterocycles. The zero-order valence-corrected chi connectivity index (χ0v) is 18.0. The van der Waals surface area contributed by atoms with Crippen molar-refractivity contribution in [1.82, 2.24) is 20.1 Å². The van der Waals surface area contributed by atoms with E-state index in [1.807, 2.05) is 4.90 Å². The number of hydrogen-bond acceptors (Lipinski definition) is 6. The van der Waals surface area contributed by atoms with E-state index in [9.17, 15) is 18.0 Å². The Morgan fingerprint density at radius 2 is 2.00 bits per heavy atom. The first-order valence-corrected chi connectivity index (χ1v) is 10.9. The van der Waals surface area contributed by atoms with Crippen LogP contribution in [-0.4, -0.2) is 50.8 Å². The molecule has 0 spiro atoms.